The molecule has 0 unspecified atom stereocenters. The summed E-state index contributed by atoms with van der Waals surface area (Å²) in [4.78, 5) is 12.1. The van der Waals surface area contributed by atoms with Gasteiger partial charge in [-0.3, -0.25) is 9.48 Å². The third kappa shape index (κ3) is 2.76. The molecule has 1 amide bonds. The standard InChI is InChI=1S/C16H14N4O3/c21-16(18-12-3-4-14-15(7-12)23-11-22-14)10-20-9-13(8-17-20)19-5-1-2-6-19/h1-9H,10-11H2,(H,18,21). The molecule has 0 radical (unpaired) electrons. The Hall–Kier alpha value is -3.22. The minimum Gasteiger partial charge on any atom is -0.454 e. The molecule has 4 rings (SSSR count). The number of ether oxygens (including phenoxy) is 2. The minimum atomic E-state index is -0.161. The van der Waals surface area contributed by atoms with E-state index in [0.717, 1.165) is 5.69 Å². The van der Waals surface area contributed by atoms with Gasteiger partial charge in [-0.2, -0.15) is 5.10 Å². The van der Waals surface area contributed by atoms with Crippen molar-refractivity contribution in [3.8, 4) is 17.2 Å². The third-order valence-corrected chi connectivity index (χ3v) is 3.48. The maximum Gasteiger partial charge on any atom is 0.246 e. The van der Waals surface area contributed by atoms with Crippen LogP contribution in [-0.4, -0.2) is 27.0 Å². The quantitative estimate of drug-likeness (QED) is 0.800. The van der Waals surface area contributed by atoms with E-state index in [1.807, 2.05) is 35.3 Å². The van der Waals surface area contributed by atoms with Gasteiger partial charge >= 0.3 is 0 Å². The van der Waals surface area contributed by atoms with Crippen molar-refractivity contribution in [2.75, 3.05) is 12.1 Å². The molecule has 0 saturated carbocycles. The minimum absolute atomic E-state index is 0.135. The molecule has 0 spiro atoms. The lowest BCUT2D eigenvalue weighted by Gasteiger charge is -2.06. The number of carbonyl (C=O) groups excluding carboxylic acids is 1. The van der Waals surface area contributed by atoms with E-state index in [2.05, 4.69) is 10.4 Å². The van der Waals surface area contributed by atoms with Gasteiger partial charge in [0.05, 0.1) is 11.9 Å². The fourth-order valence-electron chi connectivity index (χ4n) is 2.40. The van der Waals surface area contributed by atoms with Crippen molar-refractivity contribution < 1.29 is 14.3 Å². The van der Waals surface area contributed by atoms with Crippen LogP contribution >= 0.6 is 0 Å². The summed E-state index contributed by atoms with van der Waals surface area (Å²) in [6, 6.07) is 9.16. The van der Waals surface area contributed by atoms with Gasteiger partial charge in [0, 0.05) is 30.3 Å². The highest BCUT2D eigenvalue weighted by Gasteiger charge is 2.14. The van der Waals surface area contributed by atoms with E-state index >= 15 is 0 Å². The van der Waals surface area contributed by atoms with Crippen LogP contribution in [0.5, 0.6) is 11.5 Å². The Morgan fingerprint density at radius 1 is 1.22 bits per heavy atom. The average Bonchev–Trinajstić information content (AvgIpc) is 3.27. The molecule has 7 nitrogen and oxygen atoms in total. The van der Waals surface area contributed by atoms with Gasteiger partial charge in [0.1, 0.15) is 6.54 Å². The molecular weight excluding hydrogens is 296 g/mol. The molecule has 3 aromatic rings. The van der Waals surface area contributed by atoms with Crippen LogP contribution in [0.4, 0.5) is 5.69 Å². The topological polar surface area (TPSA) is 70.3 Å². The number of rotatable bonds is 4. The van der Waals surface area contributed by atoms with Crippen LogP contribution in [0.3, 0.4) is 0 Å². The van der Waals surface area contributed by atoms with E-state index in [1.165, 1.54) is 0 Å². The smallest absolute Gasteiger partial charge is 0.246 e. The third-order valence-electron chi connectivity index (χ3n) is 3.48. The first kappa shape index (κ1) is 13.4. The first-order valence-corrected chi connectivity index (χ1v) is 7.13. The molecule has 7 heteroatoms. The molecular formula is C16H14N4O3. The fourth-order valence-corrected chi connectivity index (χ4v) is 2.40. The number of amides is 1. The summed E-state index contributed by atoms with van der Waals surface area (Å²) in [5.41, 5.74) is 1.57. The zero-order valence-electron chi connectivity index (χ0n) is 12.2. The monoisotopic (exact) mass is 310 g/mol. The van der Waals surface area contributed by atoms with E-state index in [9.17, 15) is 4.79 Å². The van der Waals surface area contributed by atoms with Gasteiger partial charge in [-0.15, -0.1) is 0 Å². The highest BCUT2D eigenvalue weighted by molar-refractivity contribution is 5.90. The van der Waals surface area contributed by atoms with Crippen LogP contribution in [0.2, 0.25) is 0 Å². The lowest BCUT2D eigenvalue weighted by molar-refractivity contribution is -0.116. The second-order valence-corrected chi connectivity index (χ2v) is 5.10. The number of hydrogen-bond donors (Lipinski definition) is 1. The summed E-state index contributed by atoms with van der Waals surface area (Å²) < 4.78 is 14.1. The van der Waals surface area contributed by atoms with E-state index in [4.69, 9.17) is 9.47 Å². The SMILES string of the molecule is O=C(Cn1cc(-n2cccc2)cn1)Nc1ccc2c(c1)OCO2. The van der Waals surface area contributed by atoms with Crippen molar-refractivity contribution in [2.45, 2.75) is 6.54 Å². The summed E-state index contributed by atoms with van der Waals surface area (Å²) >= 11 is 0. The number of anilines is 1. The van der Waals surface area contributed by atoms with Crippen molar-refractivity contribution >= 4 is 11.6 Å². The molecule has 0 fully saturated rings. The molecule has 0 saturated heterocycles. The predicted molar refractivity (Wildman–Crippen MR) is 82.7 cm³/mol. The van der Waals surface area contributed by atoms with Crippen LogP contribution in [0, 0.1) is 0 Å². The van der Waals surface area contributed by atoms with Crippen LogP contribution in [-0.2, 0) is 11.3 Å². The average molecular weight is 310 g/mol. The molecule has 1 aliphatic rings. The molecule has 1 aromatic carbocycles. The second-order valence-electron chi connectivity index (χ2n) is 5.10. The summed E-state index contributed by atoms with van der Waals surface area (Å²) in [7, 11) is 0. The largest absolute Gasteiger partial charge is 0.454 e. The van der Waals surface area contributed by atoms with Crippen molar-refractivity contribution in [2.24, 2.45) is 0 Å². The van der Waals surface area contributed by atoms with Gasteiger partial charge in [-0.25, -0.2) is 0 Å². The van der Waals surface area contributed by atoms with Gasteiger partial charge < -0.3 is 19.4 Å². The lowest BCUT2D eigenvalue weighted by atomic mass is 10.3. The fraction of sp³-hybridized carbons (Fsp3) is 0.125. The Morgan fingerprint density at radius 3 is 2.91 bits per heavy atom. The Kier molecular flexibility index (Phi) is 3.23. The summed E-state index contributed by atoms with van der Waals surface area (Å²) in [6.07, 6.45) is 7.38. The number of nitrogens with one attached hydrogen (secondary N) is 1. The highest BCUT2D eigenvalue weighted by atomic mass is 16.7. The number of carbonyl (C=O) groups is 1. The van der Waals surface area contributed by atoms with E-state index in [1.54, 1.807) is 29.1 Å². The van der Waals surface area contributed by atoms with Gasteiger partial charge in [0.15, 0.2) is 11.5 Å². The zero-order valence-corrected chi connectivity index (χ0v) is 12.2. The van der Waals surface area contributed by atoms with Gasteiger partial charge in [0.25, 0.3) is 0 Å². The maximum atomic E-state index is 12.1. The normalized spacial score (nSPS) is 12.3. The van der Waals surface area contributed by atoms with Crippen molar-refractivity contribution in [1.29, 1.82) is 0 Å². The number of hydrogen-bond acceptors (Lipinski definition) is 4. The predicted octanol–water partition coefficient (Wildman–Crippen LogP) is 2.04. The molecule has 2 aromatic heterocycles. The van der Waals surface area contributed by atoms with E-state index < -0.39 is 0 Å². The molecule has 0 atom stereocenters. The van der Waals surface area contributed by atoms with Gasteiger partial charge in [-0.1, -0.05) is 0 Å². The number of aromatic nitrogens is 3. The van der Waals surface area contributed by atoms with Crippen LogP contribution < -0.4 is 14.8 Å². The second kappa shape index (κ2) is 5.53. The van der Waals surface area contributed by atoms with Crippen LogP contribution in [0.1, 0.15) is 0 Å². The Morgan fingerprint density at radius 2 is 2.04 bits per heavy atom. The van der Waals surface area contributed by atoms with Gasteiger partial charge in [0.2, 0.25) is 12.7 Å². The first-order chi connectivity index (χ1) is 11.3. The Balaban J connectivity index is 1.42. The summed E-state index contributed by atoms with van der Waals surface area (Å²) in [6.45, 7) is 0.345. The molecule has 0 aliphatic carbocycles. The van der Waals surface area contributed by atoms with Crippen molar-refractivity contribution in [3.05, 3.63) is 55.1 Å². The lowest BCUT2D eigenvalue weighted by Crippen LogP contribution is -2.18. The number of benzene rings is 1. The Labute approximate surface area is 132 Å². The van der Waals surface area contributed by atoms with Crippen LogP contribution in [0.15, 0.2) is 55.1 Å². The van der Waals surface area contributed by atoms with E-state index in [0.29, 0.717) is 17.2 Å². The number of nitrogens with zero attached hydrogens (tertiary/aromatic N) is 3. The molecule has 1 aliphatic heterocycles. The molecule has 3 heterocycles. The van der Waals surface area contributed by atoms with Crippen molar-refractivity contribution in [3.63, 3.8) is 0 Å². The van der Waals surface area contributed by atoms with Crippen LogP contribution in [0.25, 0.3) is 5.69 Å². The Bertz CT molecular complexity index is 839. The van der Waals surface area contributed by atoms with E-state index in [-0.39, 0.29) is 19.2 Å². The first-order valence-electron chi connectivity index (χ1n) is 7.13. The molecule has 0 bridgehead atoms. The zero-order chi connectivity index (χ0) is 15.6. The molecule has 1 N–H and O–H groups in total. The summed E-state index contributed by atoms with van der Waals surface area (Å²) in [5.74, 6) is 1.16. The maximum absolute atomic E-state index is 12.1. The molecule has 116 valence electrons. The highest BCUT2D eigenvalue weighted by Crippen LogP contribution is 2.34. The van der Waals surface area contributed by atoms with Crippen molar-refractivity contribution in [1.82, 2.24) is 14.3 Å². The molecule has 23 heavy (non-hydrogen) atoms. The van der Waals surface area contributed by atoms with Gasteiger partial charge in [-0.05, 0) is 24.3 Å². The summed E-state index contributed by atoms with van der Waals surface area (Å²) in [5, 5.41) is 7.02. The number of fused-ring (bicyclic) bond motifs is 1.